The van der Waals surface area contributed by atoms with Crippen LogP contribution in [0.15, 0.2) is 56.6 Å². The van der Waals surface area contributed by atoms with Crippen molar-refractivity contribution in [2.24, 2.45) is 7.05 Å². The maximum absolute atomic E-state index is 13.5. The summed E-state index contributed by atoms with van der Waals surface area (Å²) in [6.45, 7) is 5.80. The molecule has 0 unspecified atom stereocenters. The van der Waals surface area contributed by atoms with Crippen molar-refractivity contribution in [2.75, 3.05) is 36.5 Å². The Kier molecular flexibility index (Phi) is 7.82. The minimum atomic E-state index is -4.03. The average molecular weight is 533 g/mol. The van der Waals surface area contributed by atoms with Crippen LogP contribution in [0.5, 0.6) is 0 Å². The Morgan fingerprint density at radius 1 is 1.19 bits per heavy atom. The lowest BCUT2D eigenvalue weighted by atomic mass is 10.1. The fraction of sp³-hybridized carbons (Fsp3) is 0.440. The van der Waals surface area contributed by atoms with Crippen molar-refractivity contribution in [3.8, 4) is 0 Å². The summed E-state index contributed by atoms with van der Waals surface area (Å²) in [6.07, 6.45) is 2.29. The summed E-state index contributed by atoms with van der Waals surface area (Å²) in [7, 11) is -2.48. The third kappa shape index (κ3) is 5.47. The van der Waals surface area contributed by atoms with Crippen LogP contribution in [-0.2, 0) is 21.9 Å². The van der Waals surface area contributed by atoms with Gasteiger partial charge in [-0.3, -0.25) is 9.36 Å². The summed E-state index contributed by atoms with van der Waals surface area (Å²) in [5.74, 6) is -0.167. The van der Waals surface area contributed by atoms with Crippen LogP contribution in [0, 0.1) is 6.92 Å². The zero-order valence-electron chi connectivity index (χ0n) is 20.9. The standard InChI is InChI=1S/C25H32N4O5S2/c1-17-5-7-19(8-6-17)29-13-12-28(16-18(29)2)24(30)21(11-14-35-4)26-36(32,33)20-9-10-22-23(15-20)34-25(31)27(22)3/h5-10,15,18,21,26H,11-14,16H2,1-4H3/t18-,21-/m1/s1. The highest BCUT2D eigenvalue weighted by Crippen LogP contribution is 2.23. The molecule has 3 aromatic rings. The van der Waals surface area contributed by atoms with Gasteiger partial charge in [-0.2, -0.15) is 16.5 Å². The maximum atomic E-state index is 13.5. The Bertz CT molecular complexity index is 1400. The highest BCUT2D eigenvalue weighted by atomic mass is 32.2. The second-order valence-corrected chi connectivity index (χ2v) is 11.9. The monoisotopic (exact) mass is 532 g/mol. The summed E-state index contributed by atoms with van der Waals surface area (Å²) >= 11 is 1.56. The molecule has 4 rings (SSSR count). The number of benzene rings is 2. The van der Waals surface area contributed by atoms with Crippen LogP contribution in [-0.4, -0.2) is 67.5 Å². The van der Waals surface area contributed by atoms with E-state index in [1.54, 1.807) is 23.7 Å². The molecule has 1 amide bonds. The quantitative estimate of drug-likeness (QED) is 0.475. The van der Waals surface area contributed by atoms with E-state index in [1.807, 2.05) is 13.2 Å². The lowest BCUT2D eigenvalue weighted by Crippen LogP contribution is -2.58. The number of piperazine rings is 1. The van der Waals surface area contributed by atoms with Gasteiger partial charge in [0.2, 0.25) is 15.9 Å². The number of fused-ring (bicyclic) bond motifs is 1. The van der Waals surface area contributed by atoms with Crippen molar-refractivity contribution in [2.45, 2.75) is 37.2 Å². The molecule has 0 spiro atoms. The van der Waals surface area contributed by atoms with Crippen molar-refractivity contribution < 1.29 is 17.6 Å². The number of aromatic nitrogens is 1. The lowest BCUT2D eigenvalue weighted by Gasteiger charge is -2.42. The Hall–Kier alpha value is -2.76. The Morgan fingerprint density at radius 3 is 2.58 bits per heavy atom. The van der Waals surface area contributed by atoms with Gasteiger partial charge in [0.15, 0.2) is 5.58 Å². The average Bonchev–Trinajstić information content (AvgIpc) is 3.14. The smallest absolute Gasteiger partial charge is 0.408 e. The van der Waals surface area contributed by atoms with Crippen LogP contribution in [0.25, 0.3) is 11.1 Å². The van der Waals surface area contributed by atoms with Gasteiger partial charge < -0.3 is 14.2 Å². The van der Waals surface area contributed by atoms with Gasteiger partial charge in [0, 0.05) is 44.5 Å². The number of amides is 1. The van der Waals surface area contributed by atoms with Gasteiger partial charge >= 0.3 is 5.76 Å². The van der Waals surface area contributed by atoms with Crippen molar-refractivity contribution in [1.29, 1.82) is 0 Å². The number of sulfonamides is 1. The lowest BCUT2D eigenvalue weighted by molar-refractivity contribution is -0.133. The molecule has 1 fully saturated rings. The van der Waals surface area contributed by atoms with Gasteiger partial charge in [-0.25, -0.2) is 13.2 Å². The van der Waals surface area contributed by atoms with E-state index in [2.05, 4.69) is 40.8 Å². The molecule has 2 atom stereocenters. The zero-order valence-corrected chi connectivity index (χ0v) is 22.6. The van der Waals surface area contributed by atoms with Crippen molar-refractivity contribution in [3.63, 3.8) is 0 Å². The second kappa shape index (κ2) is 10.7. The third-order valence-electron chi connectivity index (χ3n) is 6.58. The number of rotatable bonds is 8. The fourth-order valence-corrected chi connectivity index (χ4v) is 6.21. The molecule has 0 aliphatic carbocycles. The first-order valence-corrected chi connectivity index (χ1v) is 14.7. The van der Waals surface area contributed by atoms with Crippen molar-refractivity contribution in [1.82, 2.24) is 14.2 Å². The van der Waals surface area contributed by atoms with E-state index in [9.17, 15) is 18.0 Å². The third-order valence-corrected chi connectivity index (χ3v) is 8.70. The molecule has 1 N–H and O–H groups in total. The van der Waals surface area contributed by atoms with E-state index in [0.29, 0.717) is 37.3 Å². The number of carbonyl (C=O) groups is 1. The molecule has 1 aliphatic heterocycles. The first-order chi connectivity index (χ1) is 17.1. The molecule has 0 bridgehead atoms. The molecular weight excluding hydrogens is 500 g/mol. The SMILES string of the molecule is CSCC[C@@H](NS(=O)(=O)c1ccc2c(c1)oc(=O)n2C)C(=O)N1CCN(c2ccc(C)cc2)[C@H](C)C1. The summed E-state index contributed by atoms with van der Waals surface area (Å²) < 4.78 is 35.5. The van der Waals surface area contributed by atoms with Crippen LogP contribution in [0.3, 0.4) is 0 Å². The number of thioether (sulfide) groups is 1. The van der Waals surface area contributed by atoms with Crippen LogP contribution in [0.1, 0.15) is 18.9 Å². The molecule has 2 heterocycles. The van der Waals surface area contributed by atoms with Gasteiger partial charge in [0.1, 0.15) is 6.04 Å². The molecular formula is C25H32N4O5S2. The Morgan fingerprint density at radius 2 is 1.92 bits per heavy atom. The summed E-state index contributed by atoms with van der Waals surface area (Å²) in [5.41, 5.74) is 2.98. The van der Waals surface area contributed by atoms with E-state index in [1.165, 1.54) is 28.3 Å². The molecule has 2 aromatic carbocycles. The van der Waals surface area contributed by atoms with E-state index < -0.39 is 21.8 Å². The van der Waals surface area contributed by atoms with E-state index in [-0.39, 0.29) is 22.4 Å². The molecule has 1 aliphatic rings. The predicted octanol–water partition coefficient (Wildman–Crippen LogP) is 2.58. The number of nitrogens with one attached hydrogen (secondary N) is 1. The van der Waals surface area contributed by atoms with Gasteiger partial charge in [-0.05, 0) is 56.5 Å². The summed E-state index contributed by atoms with van der Waals surface area (Å²) in [4.78, 5) is 29.3. The first kappa shape index (κ1) is 26.3. The predicted molar refractivity (Wildman–Crippen MR) is 143 cm³/mol. The minimum absolute atomic E-state index is 0.0520. The molecule has 194 valence electrons. The Balaban J connectivity index is 1.51. The number of aryl methyl sites for hydroxylation is 2. The van der Waals surface area contributed by atoms with Crippen LogP contribution in [0.4, 0.5) is 5.69 Å². The van der Waals surface area contributed by atoms with Crippen molar-refractivity contribution in [3.05, 3.63) is 58.6 Å². The maximum Gasteiger partial charge on any atom is 0.419 e. The van der Waals surface area contributed by atoms with Crippen LogP contribution in [0.2, 0.25) is 0 Å². The van der Waals surface area contributed by atoms with Gasteiger partial charge in [0.25, 0.3) is 0 Å². The topological polar surface area (TPSA) is 105 Å². The van der Waals surface area contributed by atoms with Gasteiger partial charge in [-0.1, -0.05) is 17.7 Å². The second-order valence-electron chi connectivity index (χ2n) is 9.17. The highest BCUT2D eigenvalue weighted by Gasteiger charge is 2.33. The Labute approximate surface area is 215 Å². The number of carbonyl (C=O) groups excluding carboxylic acids is 1. The van der Waals surface area contributed by atoms with Gasteiger partial charge in [0.05, 0.1) is 10.4 Å². The number of hydrogen-bond acceptors (Lipinski definition) is 7. The van der Waals surface area contributed by atoms with Crippen LogP contribution < -0.4 is 15.4 Å². The minimum Gasteiger partial charge on any atom is -0.408 e. The van der Waals surface area contributed by atoms with Crippen LogP contribution >= 0.6 is 11.8 Å². The molecule has 1 saturated heterocycles. The molecule has 11 heteroatoms. The molecule has 0 radical (unpaired) electrons. The van der Waals surface area contributed by atoms with E-state index >= 15 is 0 Å². The first-order valence-electron chi connectivity index (χ1n) is 11.8. The summed E-state index contributed by atoms with van der Waals surface area (Å²) in [6, 6.07) is 11.8. The molecule has 1 aromatic heterocycles. The molecule has 36 heavy (non-hydrogen) atoms. The molecule has 9 nitrogen and oxygen atoms in total. The van der Waals surface area contributed by atoms with Crippen molar-refractivity contribution >= 4 is 44.5 Å². The molecule has 0 saturated carbocycles. The number of nitrogens with zero attached hydrogens (tertiary/aromatic N) is 3. The number of hydrogen-bond donors (Lipinski definition) is 1. The number of oxazole rings is 1. The fourth-order valence-electron chi connectivity index (χ4n) is 4.50. The highest BCUT2D eigenvalue weighted by molar-refractivity contribution is 7.98. The number of anilines is 1. The zero-order chi connectivity index (χ0) is 26.0. The van der Waals surface area contributed by atoms with E-state index in [0.717, 1.165) is 5.69 Å². The normalized spacial score (nSPS) is 17.5. The summed E-state index contributed by atoms with van der Waals surface area (Å²) in [5, 5.41) is 0. The largest absolute Gasteiger partial charge is 0.419 e. The van der Waals surface area contributed by atoms with E-state index in [4.69, 9.17) is 4.42 Å². The van der Waals surface area contributed by atoms with Gasteiger partial charge in [-0.15, -0.1) is 0 Å².